The number of aliphatic carboxylic acids is 1. The number of hydrogen-bond acceptors (Lipinski definition) is 2. The van der Waals surface area contributed by atoms with Crippen molar-refractivity contribution in [3.8, 4) is 17.2 Å². The third kappa shape index (κ3) is 8.37. The Kier molecular flexibility index (Phi) is 10.3. The van der Waals surface area contributed by atoms with Crippen LogP contribution in [0.1, 0.15) is 52.0 Å². The van der Waals surface area contributed by atoms with Crippen molar-refractivity contribution in [1.29, 1.82) is 5.26 Å². The molecular weight excluding hydrogens is 334 g/mol. The number of unbranched alkanes of at least 4 members (excludes halogenated alkanes) is 1. The van der Waals surface area contributed by atoms with Crippen LogP contribution < -0.4 is 0 Å². The van der Waals surface area contributed by atoms with Crippen molar-refractivity contribution in [1.82, 2.24) is 0 Å². The lowest BCUT2D eigenvalue weighted by Crippen LogP contribution is -1.91. The standard InChI is InChI=1S/C16H11NO2.C8H18/c17-11-15(10-16(18)19)14-8-6-13(7-9-14)12-4-2-1-3-5-12;1-4-6-7-8(3)5-2/h1-10H,(H,18,19);8H,4-7H2,1-3H3. The Morgan fingerprint density at radius 3 is 2.15 bits per heavy atom. The molecule has 3 nitrogen and oxygen atoms in total. The van der Waals surface area contributed by atoms with Crippen LogP contribution in [0.25, 0.3) is 16.7 Å². The number of carboxylic acids is 1. The van der Waals surface area contributed by atoms with Crippen molar-refractivity contribution in [2.45, 2.75) is 46.5 Å². The fourth-order valence-corrected chi connectivity index (χ4v) is 2.53. The fourth-order valence-electron chi connectivity index (χ4n) is 2.53. The Bertz CT molecular complexity index is 755. The number of nitrogens with zero attached hydrogens (tertiary/aromatic N) is 1. The van der Waals surface area contributed by atoms with Crippen LogP contribution in [0.4, 0.5) is 0 Å². The minimum absolute atomic E-state index is 0.145. The summed E-state index contributed by atoms with van der Waals surface area (Å²) in [6.07, 6.45) is 6.45. The van der Waals surface area contributed by atoms with Crippen LogP contribution in [0.15, 0.2) is 60.7 Å². The molecule has 0 aromatic heterocycles. The molecule has 0 spiro atoms. The number of benzene rings is 2. The van der Waals surface area contributed by atoms with Crippen molar-refractivity contribution >= 4 is 11.5 Å². The second kappa shape index (κ2) is 12.5. The van der Waals surface area contributed by atoms with E-state index in [-0.39, 0.29) is 5.57 Å². The van der Waals surface area contributed by atoms with E-state index >= 15 is 0 Å². The number of allylic oxidation sites excluding steroid dienone is 1. The van der Waals surface area contributed by atoms with Crippen molar-refractivity contribution in [2.24, 2.45) is 5.92 Å². The SMILES string of the molecule is CCCCC(C)CC.N#CC(=CC(=O)O)c1ccc(-c2ccccc2)cc1. The van der Waals surface area contributed by atoms with Gasteiger partial charge in [-0.25, -0.2) is 4.79 Å². The minimum Gasteiger partial charge on any atom is -0.478 e. The molecule has 0 aliphatic carbocycles. The molecule has 0 aliphatic rings. The normalized spacial score (nSPS) is 11.7. The van der Waals surface area contributed by atoms with Gasteiger partial charge in [-0.05, 0) is 22.6 Å². The molecule has 0 bridgehead atoms. The minimum atomic E-state index is -1.12. The van der Waals surface area contributed by atoms with Gasteiger partial charge in [-0.3, -0.25) is 0 Å². The summed E-state index contributed by atoms with van der Waals surface area (Å²) in [6.45, 7) is 6.85. The highest BCUT2D eigenvalue weighted by molar-refractivity contribution is 5.94. The molecule has 0 radical (unpaired) electrons. The molecule has 3 heteroatoms. The van der Waals surface area contributed by atoms with Gasteiger partial charge in [0.15, 0.2) is 0 Å². The molecule has 0 fully saturated rings. The highest BCUT2D eigenvalue weighted by Gasteiger charge is 2.04. The number of carboxylic acid groups (broad SMARTS) is 1. The Labute approximate surface area is 163 Å². The van der Waals surface area contributed by atoms with Crippen LogP contribution >= 0.6 is 0 Å². The topological polar surface area (TPSA) is 61.1 Å². The van der Waals surface area contributed by atoms with Crippen LogP contribution in [0.3, 0.4) is 0 Å². The van der Waals surface area contributed by atoms with E-state index < -0.39 is 5.97 Å². The lowest BCUT2D eigenvalue weighted by molar-refractivity contribution is -0.131. The fraction of sp³-hybridized carbons (Fsp3) is 0.333. The average Bonchev–Trinajstić information content (AvgIpc) is 2.71. The van der Waals surface area contributed by atoms with Crippen LogP contribution in [0, 0.1) is 17.2 Å². The van der Waals surface area contributed by atoms with Gasteiger partial charge in [0.05, 0.1) is 5.57 Å². The maximum Gasteiger partial charge on any atom is 0.329 e. The summed E-state index contributed by atoms with van der Waals surface area (Å²) in [5.41, 5.74) is 2.85. The second-order valence-electron chi connectivity index (χ2n) is 6.61. The van der Waals surface area contributed by atoms with Gasteiger partial charge in [0.2, 0.25) is 0 Å². The number of hydrogen-bond donors (Lipinski definition) is 1. The van der Waals surface area contributed by atoms with Gasteiger partial charge >= 0.3 is 5.97 Å². The Morgan fingerprint density at radius 1 is 1.07 bits per heavy atom. The summed E-state index contributed by atoms with van der Waals surface area (Å²) < 4.78 is 0. The average molecular weight is 364 g/mol. The molecule has 27 heavy (non-hydrogen) atoms. The number of carbonyl (C=O) groups is 1. The van der Waals surface area contributed by atoms with Crippen LogP contribution in [-0.2, 0) is 4.79 Å². The summed E-state index contributed by atoms with van der Waals surface area (Å²) >= 11 is 0. The molecule has 2 aromatic rings. The van der Waals surface area contributed by atoms with Crippen LogP contribution in [0.5, 0.6) is 0 Å². The van der Waals surface area contributed by atoms with E-state index in [4.69, 9.17) is 10.4 Å². The predicted molar refractivity (Wildman–Crippen MR) is 112 cm³/mol. The molecule has 2 rings (SSSR count). The molecular formula is C24H29NO2. The molecule has 0 amide bonds. The van der Waals surface area contributed by atoms with Crippen LogP contribution in [-0.4, -0.2) is 11.1 Å². The molecule has 1 atom stereocenters. The van der Waals surface area contributed by atoms with Gasteiger partial charge in [0.25, 0.3) is 0 Å². The van der Waals surface area contributed by atoms with Gasteiger partial charge in [-0.1, -0.05) is 101 Å². The number of nitriles is 1. The van der Waals surface area contributed by atoms with E-state index in [0.29, 0.717) is 5.56 Å². The zero-order valence-electron chi connectivity index (χ0n) is 16.5. The summed E-state index contributed by atoms with van der Waals surface area (Å²) in [6, 6.07) is 19.0. The van der Waals surface area contributed by atoms with E-state index in [1.165, 1.54) is 25.7 Å². The first-order valence-corrected chi connectivity index (χ1v) is 9.52. The highest BCUT2D eigenvalue weighted by atomic mass is 16.4. The summed E-state index contributed by atoms with van der Waals surface area (Å²) in [7, 11) is 0. The summed E-state index contributed by atoms with van der Waals surface area (Å²) in [5, 5.41) is 17.6. The Balaban J connectivity index is 0.000000387. The smallest absolute Gasteiger partial charge is 0.329 e. The van der Waals surface area contributed by atoms with Crippen molar-refractivity contribution in [2.75, 3.05) is 0 Å². The molecule has 0 saturated carbocycles. The lowest BCUT2D eigenvalue weighted by Gasteiger charge is -2.04. The van der Waals surface area contributed by atoms with Crippen molar-refractivity contribution in [3.05, 3.63) is 66.2 Å². The zero-order valence-corrected chi connectivity index (χ0v) is 16.5. The highest BCUT2D eigenvalue weighted by Crippen LogP contribution is 2.22. The van der Waals surface area contributed by atoms with E-state index in [0.717, 1.165) is 23.1 Å². The largest absolute Gasteiger partial charge is 0.478 e. The predicted octanol–water partition coefficient (Wildman–Crippen LogP) is 6.57. The molecule has 0 heterocycles. The first-order valence-electron chi connectivity index (χ1n) is 9.52. The Morgan fingerprint density at radius 2 is 1.67 bits per heavy atom. The molecule has 142 valence electrons. The van der Waals surface area contributed by atoms with E-state index in [9.17, 15) is 4.79 Å². The van der Waals surface area contributed by atoms with E-state index in [1.54, 1.807) is 12.1 Å². The molecule has 1 N–H and O–H groups in total. The second-order valence-corrected chi connectivity index (χ2v) is 6.61. The molecule has 0 saturated heterocycles. The monoisotopic (exact) mass is 363 g/mol. The summed E-state index contributed by atoms with van der Waals surface area (Å²) in [5.74, 6) is -0.168. The summed E-state index contributed by atoms with van der Waals surface area (Å²) in [4.78, 5) is 10.6. The Hall–Kier alpha value is -2.86. The first kappa shape index (κ1) is 22.2. The molecule has 0 aliphatic heterocycles. The van der Waals surface area contributed by atoms with Gasteiger partial charge in [0.1, 0.15) is 6.07 Å². The zero-order chi connectivity index (χ0) is 20.1. The van der Waals surface area contributed by atoms with Crippen LogP contribution in [0.2, 0.25) is 0 Å². The van der Waals surface area contributed by atoms with Gasteiger partial charge < -0.3 is 5.11 Å². The lowest BCUT2D eigenvalue weighted by atomic mass is 10.0. The maximum absolute atomic E-state index is 10.6. The molecule has 1 unspecified atom stereocenters. The maximum atomic E-state index is 10.6. The van der Waals surface area contributed by atoms with Crippen molar-refractivity contribution < 1.29 is 9.90 Å². The van der Waals surface area contributed by atoms with Gasteiger partial charge in [0, 0.05) is 6.08 Å². The van der Waals surface area contributed by atoms with Gasteiger partial charge in [-0.2, -0.15) is 5.26 Å². The quantitative estimate of drug-likeness (QED) is 0.447. The molecule has 2 aromatic carbocycles. The van der Waals surface area contributed by atoms with E-state index in [2.05, 4.69) is 20.8 Å². The van der Waals surface area contributed by atoms with Gasteiger partial charge in [-0.15, -0.1) is 0 Å². The van der Waals surface area contributed by atoms with Crippen molar-refractivity contribution in [3.63, 3.8) is 0 Å². The van der Waals surface area contributed by atoms with E-state index in [1.807, 2.05) is 48.5 Å². The third-order valence-electron chi connectivity index (χ3n) is 4.44. The third-order valence-corrected chi connectivity index (χ3v) is 4.44. The first-order chi connectivity index (χ1) is 13.0. The number of rotatable bonds is 7.